The molecule has 2 amide bonds. The van der Waals surface area contributed by atoms with Gasteiger partial charge in [0.25, 0.3) is 0 Å². The Morgan fingerprint density at radius 2 is 1.58 bits per heavy atom. The van der Waals surface area contributed by atoms with Gasteiger partial charge in [-0.25, -0.2) is 9.59 Å². The van der Waals surface area contributed by atoms with Crippen molar-refractivity contribution in [1.82, 2.24) is 10.6 Å². The maximum absolute atomic E-state index is 10.8. The number of carboxylic acid groups (broad SMARTS) is 2. The Kier molecular flexibility index (Phi) is 8.79. The van der Waals surface area contributed by atoms with Gasteiger partial charge in [-0.05, 0) is 0 Å². The maximum atomic E-state index is 10.8. The molecule has 19 heavy (non-hydrogen) atoms. The molecule has 10 heteroatoms. The van der Waals surface area contributed by atoms with Crippen LogP contribution in [0.3, 0.4) is 0 Å². The van der Waals surface area contributed by atoms with E-state index < -0.39 is 29.9 Å². The van der Waals surface area contributed by atoms with Crippen molar-refractivity contribution in [3.63, 3.8) is 0 Å². The summed E-state index contributed by atoms with van der Waals surface area (Å²) in [4.78, 5) is 42.4. The largest absolute Gasteiger partial charge is 0.480 e. The van der Waals surface area contributed by atoms with Gasteiger partial charge in [-0.3, -0.25) is 9.59 Å². The first kappa shape index (κ1) is 17.6. The van der Waals surface area contributed by atoms with Crippen LogP contribution in [0.4, 0.5) is 0 Å². The molecule has 0 aliphatic rings. The number of nitrogens with one attached hydrogen (secondary N) is 2. The first-order valence-corrected chi connectivity index (χ1v) is 7.54. The van der Waals surface area contributed by atoms with Crippen molar-refractivity contribution in [3.05, 3.63) is 0 Å². The van der Waals surface area contributed by atoms with Crippen molar-refractivity contribution in [3.8, 4) is 0 Å². The van der Waals surface area contributed by atoms with E-state index in [1.165, 1.54) is 6.92 Å². The van der Waals surface area contributed by atoms with Gasteiger partial charge >= 0.3 is 11.9 Å². The second-order valence-electron chi connectivity index (χ2n) is 3.34. The van der Waals surface area contributed by atoms with Crippen molar-refractivity contribution in [2.45, 2.75) is 19.0 Å². The summed E-state index contributed by atoms with van der Waals surface area (Å²) in [6.45, 7) is 1.21. The monoisotopic (exact) mass is 310 g/mol. The van der Waals surface area contributed by atoms with E-state index in [0.29, 0.717) is 6.41 Å². The van der Waals surface area contributed by atoms with Crippen molar-refractivity contribution in [1.29, 1.82) is 0 Å². The van der Waals surface area contributed by atoms with E-state index in [9.17, 15) is 19.2 Å². The molecule has 0 heterocycles. The first-order chi connectivity index (χ1) is 8.88. The van der Waals surface area contributed by atoms with Crippen LogP contribution >= 0.6 is 21.6 Å². The molecular formula is C9H14N2O6S2. The standard InChI is InChI=1S/C9H14N2O6S2/c1-5(13)11-7(9(16)17)3-19-18-2-6(8(14)15)10-4-12/h4,6-7H,2-3H2,1H3,(H,10,12)(H,11,13)(H,14,15)(H,16,17). The highest BCUT2D eigenvalue weighted by Gasteiger charge is 2.20. The molecule has 0 aromatic rings. The van der Waals surface area contributed by atoms with Gasteiger partial charge in [-0.2, -0.15) is 0 Å². The molecule has 0 rings (SSSR count). The summed E-state index contributed by atoms with van der Waals surface area (Å²) in [5.41, 5.74) is 0. The molecule has 0 fully saturated rings. The van der Waals surface area contributed by atoms with E-state index >= 15 is 0 Å². The van der Waals surface area contributed by atoms with E-state index in [1.807, 2.05) is 0 Å². The molecule has 0 saturated heterocycles. The predicted octanol–water partition coefficient (Wildman–Crippen LogP) is -0.844. The summed E-state index contributed by atoms with van der Waals surface area (Å²) in [5.74, 6) is -2.61. The van der Waals surface area contributed by atoms with E-state index in [0.717, 1.165) is 21.6 Å². The van der Waals surface area contributed by atoms with Crippen molar-refractivity contribution >= 4 is 45.8 Å². The fourth-order valence-electron chi connectivity index (χ4n) is 0.925. The molecule has 0 spiro atoms. The van der Waals surface area contributed by atoms with E-state index in [4.69, 9.17) is 10.2 Å². The molecule has 0 aliphatic carbocycles. The third kappa shape index (κ3) is 8.32. The number of carbonyl (C=O) groups is 4. The van der Waals surface area contributed by atoms with Crippen LogP contribution in [0.5, 0.6) is 0 Å². The van der Waals surface area contributed by atoms with Crippen LogP contribution < -0.4 is 10.6 Å². The highest BCUT2D eigenvalue weighted by Crippen LogP contribution is 2.23. The Balaban J connectivity index is 4.04. The zero-order chi connectivity index (χ0) is 14.8. The fraction of sp³-hybridized carbons (Fsp3) is 0.556. The summed E-state index contributed by atoms with van der Waals surface area (Å²) in [7, 11) is 2.21. The lowest BCUT2D eigenvalue weighted by atomic mass is 10.3. The molecule has 8 nitrogen and oxygen atoms in total. The summed E-state index contributed by atoms with van der Waals surface area (Å²) in [5, 5.41) is 21.9. The van der Waals surface area contributed by atoms with Gasteiger partial charge in [0.2, 0.25) is 12.3 Å². The third-order valence-electron chi connectivity index (χ3n) is 1.80. The second-order valence-corrected chi connectivity index (χ2v) is 5.89. The Bertz CT molecular complexity index is 352. The second kappa shape index (κ2) is 9.50. The molecule has 108 valence electrons. The average molecular weight is 310 g/mol. The Morgan fingerprint density at radius 1 is 1.11 bits per heavy atom. The lowest BCUT2D eigenvalue weighted by molar-refractivity contribution is -0.141. The van der Waals surface area contributed by atoms with Crippen LogP contribution in [0, 0.1) is 0 Å². The smallest absolute Gasteiger partial charge is 0.327 e. The minimum atomic E-state index is -1.17. The minimum absolute atomic E-state index is 0.0884. The van der Waals surface area contributed by atoms with Crippen LogP contribution in [0.25, 0.3) is 0 Å². The molecule has 0 aromatic heterocycles. The Morgan fingerprint density at radius 3 is 1.95 bits per heavy atom. The van der Waals surface area contributed by atoms with Gasteiger partial charge in [0.05, 0.1) is 0 Å². The zero-order valence-electron chi connectivity index (χ0n) is 9.99. The number of hydrogen-bond acceptors (Lipinski definition) is 6. The topological polar surface area (TPSA) is 133 Å². The summed E-state index contributed by atoms with van der Waals surface area (Å²) >= 11 is 0. The van der Waals surface area contributed by atoms with Gasteiger partial charge in [0, 0.05) is 18.4 Å². The lowest BCUT2D eigenvalue weighted by Gasteiger charge is -2.13. The van der Waals surface area contributed by atoms with Gasteiger partial charge in [0.15, 0.2) is 0 Å². The molecule has 0 bridgehead atoms. The number of carbonyl (C=O) groups excluding carboxylic acids is 2. The molecule has 0 aliphatic heterocycles. The average Bonchev–Trinajstić information content (AvgIpc) is 2.30. The number of carboxylic acids is 2. The number of hydrogen-bond donors (Lipinski definition) is 4. The van der Waals surface area contributed by atoms with Crippen molar-refractivity contribution < 1.29 is 29.4 Å². The quantitative estimate of drug-likeness (QED) is 0.233. The number of aliphatic carboxylic acids is 2. The molecule has 0 radical (unpaired) electrons. The van der Waals surface area contributed by atoms with Gasteiger partial charge in [0.1, 0.15) is 12.1 Å². The van der Waals surface area contributed by atoms with Crippen LogP contribution in [-0.4, -0.2) is 58.1 Å². The van der Waals surface area contributed by atoms with Crippen molar-refractivity contribution in [2.75, 3.05) is 11.5 Å². The zero-order valence-corrected chi connectivity index (χ0v) is 11.6. The SMILES string of the molecule is CC(=O)NC(CSSCC(NC=O)C(=O)O)C(=O)O. The molecule has 2 unspecified atom stereocenters. The summed E-state index contributed by atoms with van der Waals surface area (Å²) in [6, 6.07) is -2.06. The van der Waals surface area contributed by atoms with Crippen LogP contribution in [0.15, 0.2) is 0 Å². The molecular weight excluding hydrogens is 296 g/mol. The van der Waals surface area contributed by atoms with Gasteiger partial charge < -0.3 is 20.8 Å². The van der Waals surface area contributed by atoms with E-state index in [1.54, 1.807) is 0 Å². The lowest BCUT2D eigenvalue weighted by Crippen LogP contribution is -2.41. The number of rotatable bonds is 10. The summed E-state index contributed by atoms with van der Waals surface area (Å²) < 4.78 is 0. The number of amides is 2. The fourth-order valence-corrected chi connectivity index (χ4v) is 3.25. The van der Waals surface area contributed by atoms with Crippen LogP contribution in [0.2, 0.25) is 0 Å². The Labute approximate surface area is 117 Å². The summed E-state index contributed by atoms with van der Waals surface area (Å²) in [6.07, 6.45) is 0.293. The van der Waals surface area contributed by atoms with Crippen LogP contribution in [0.1, 0.15) is 6.92 Å². The maximum Gasteiger partial charge on any atom is 0.327 e. The third-order valence-corrected chi connectivity index (χ3v) is 4.22. The van der Waals surface area contributed by atoms with Gasteiger partial charge in [-0.15, -0.1) is 0 Å². The Hall–Kier alpha value is -1.42. The van der Waals surface area contributed by atoms with Crippen molar-refractivity contribution in [2.24, 2.45) is 0 Å². The first-order valence-electron chi connectivity index (χ1n) is 5.05. The molecule has 4 N–H and O–H groups in total. The predicted molar refractivity (Wildman–Crippen MR) is 70.8 cm³/mol. The molecule has 0 aromatic carbocycles. The molecule has 0 saturated carbocycles. The minimum Gasteiger partial charge on any atom is -0.480 e. The highest BCUT2D eigenvalue weighted by molar-refractivity contribution is 8.76. The van der Waals surface area contributed by atoms with Crippen LogP contribution in [-0.2, 0) is 19.2 Å². The van der Waals surface area contributed by atoms with E-state index in [-0.39, 0.29) is 11.5 Å². The normalized spacial score (nSPS) is 13.1. The molecule has 2 atom stereocenters. The highest BCUT2D eigenvalue weighted by atomic mass is 33.1. The van der Waals surface area contributed by atoms with E-state index in [2.05, 4.69) is 10.6 Å². The van der Waals surface area contributed by atoms with Gasteiger partial charge in [-0.1, -0.05) is 21.6 Å².